The first kappa shape index (κ1) is 13.5. The molecule has 2 rings (SSSR count). The van der Waals surface area contributed by atoms with Gasteiger partial charge in [-0.05, 0) is 17.9 Å². The van der Waals surface area contributed by atoms with Crippen molar-refractivity contribution in [1.29, 1.82) is 0 Å². The van der Waals surface area contributed by atoms with Crippen LogP contribution in [0.25, 0.3) is 11.3 Å². The smallest absolute Gasteiger partial charge is 0.358 e. The number of carbonyl (C=O) groups excluding carboxylic acids is 1. The second kappa shape index (κ2) is 6.29. The Balaban J connectivity index is 2.28. The van der Waals surface area contributed by atoms with Crippen LogP contribution in [0.15, 0.2) is 35.7 Å². The van der Waals surface area contributed by atoms with E-state index in [4.69, 9.17) is 0 Å². The van der Waals surface area contributed by atoms with Crippen LogP contribution in [-0.4, -0.2) is 33.8 Å². The van der Waals surface area contributed by atoms with E-state index in [0.29, 0.717) is 5.69 Å². The fourth-order valence-electron chi connectivity index (χ4n) is 1.47. The molecular formula is C13H13N3O2S. The Bertz CT molecular complexity index is 572. The molecule has 2 aromatic rings. The van der Waals surface area contributed by atoms with Gasteiger partial charge in [0.05, 0.1) is 30.2 Å². The van der Waals surface area contributed by atoms with E-state index in [0.717, 1.165) is 16.3 Å². The van der Waals surface area contributed by atoms with Gasteiger partial charge in [0.15, 0.2) is 5.69 Å². The third-order valence-corrected chi connectivity index (χ3v) is 3.18. The lowest BCUT2D eigenvalue weighted by molar-refractivity contribution is 0.0593. The van der Waals surface area contributed by atoms with Crippen LogP contribution in [0.1, 0.15) is 17.4 Å². The molecule has 0 fully saturated rings. The molecule has 0 N–H and O–H groups in total. The molecule has 0 spiro atoms. The Kier molecular flexibility index (Phi) is 4.46. The SMILES string of the molecule is CCSc1ccc(-c2cncc(C(=O)OC)n2)cn1. The molecular weight excluding hydrogens is 262 g/mol. The van der Waals surface area contributed by atoms with Crippen molar-refractivity contribution < 1.29 is 9.53 Å². The maximum atomic E-state index is 11.4. The van der Waals surface area contributed by atoms with Crippen molar-refractivity contribution in [2.75, 3.05) is 12.9 Å². The number of esters is 1. The maximum Gasteiger partial charge on any atom is 0.358 e. The Morgan fingerprint density at radius 1 is 1.32 bits per heavy atom. The fraction of sp³-hybridized carbons (Fsp3) is 0.231. The van der Waals surface area contributed by atoms with Gasteiger partial charge in [0.25, 0.3) is 0 Å². The summed E-state index contributed by atoms with van der Waals surface area (Å²) in [5.41, 5.74) is 1.61. The topological polar surface area (TPSA) is 65.0 Å². The molecule has 2 aromatic heterocycles. The highest BCUT2D eigenvalue weighted by molar-refractivity contribution is 7.99. The van der Waals surface area contributed by atoms with Crippen molar-refractivity contribution in [3.63, 3.8) is 0 Å². The van der Waals surface area contributed by atoms with Gasteiger partial charge in [-0.15, -0.1) is 11.8 Å². The Labute approximate surface area is 115 Å². The van der Waals surface area contributed by atoms with E-state index in [1.165, 1.54) is 13.3 Å². The average Bonchev–Trinajstić information content (AvgIpc) is 2.48. The molecule has 0 amide bonds. The minimum atomic E-state index is -0.500. The van der Waals surface area contributed by atoms with E-state index in [1.807, 2.05) is 12.1 Å². The number of pyridine rings is 1. The van der Waals surface area contributed by atoms with E-state index in [1.54, 1.807) is 24.2 Å². The van der Waals surface area contributed by atoms with Crippen LogP contribution in [0.3, 0.4) is 0 Å². The summed E-state index contributed by atoms with van der Waals surface area (Å²) in [4.78, 5) is 23.9. The van der Waals surface area contributed by atoms with Crippen LogP contribution in [0, 0.1) is 0 Å². The zero-order chi connectivity index (χ0) is 13.7. The second-order valence-electron chi connectivity index (χ2n) is 3.60. The average molecular weight is 275 g/mol. The number of thioether (sulfide) groups is 1. The molecule has 0 aromatic carbocycles. The molecule has 6 heteroatoms. The number of carbonyl (C=O) groups is 1. The molecule has 2 heterocycles. The number of hydrogen-bond donors (Lipinski definition) is 0. The number of aromatic nitrogens is 3. The van der Waals surface area contributed by atoms with E-state index in [2.05, 4.69) is 26.6 Å². The summed E-state index contributed by atoms with van der Waals surface area (Å²) in [5, 5.41) is 0.961. The summed E-state index contributed by atoms with van der Waals surface area (Å²) in [5.74, 6) is 0.477. The Morgan fingerprint density at radius 2 is 2.16 bits per heavy atom. The van der Waals surface area contributed by atoms with E-state index in [-0.39, 0.29) is 5.69 Å². The fourth-order valence-corrected chi connectivity index (χ4v) is 2.06. The zero-order valence-electron chi connectivity index (χ0n) is 10.7. The van der Waals surface area contributed by atoms with Crippen LogP contribution >= 0.6 is 11.8 Å². The van der Waals surface area contributed by atoms with Gasteiger partial charge < -0.3 is 4.74 Å². The highest BCUT2D eigenvalue weighted by Gasteiger charge is 2.09. The number of hydrogen-bond acceptors (Lipinski definition) is 6. The Hall–Kier alpha value is -1.95. The van der Waals surface area contributed by atoms with Gasteiger partial charge in [0, 0.05) is 11.8 Å². The third-order valence-electron chi connectivity index (χ3n) is 2.35. The van der Waals surface area contributed by atoms with Gasteiger partial charge in [0.1, 0.15) is 0 Å². The molecule has 0 aliphatic rings. The lowest BCUT2D eigenvalue weighted by Gasteiger charge is -2.03. The van der Waals surface area contributed by atoms with Crippen LogP contribution in [0.5, 0.6) is 0 Å². The summed E-state index contributed by atoms with van der Waals surface area (Å²) in [7, 11) is 1.31. The number of nitrogens with zero attached hydrogens (tertiary/aromatic N) is 3. The predicted octanol–water partition coefficient (Wildman–Crippen LogP) is 2.44. The number of ether oxygens (including phenoxy) is 1. The molecule has 0 saturated carbocycles. The minimum Gasteiger partial charge on any atom is -0.464 e. The maximum absolute atomic E-state index is 11.4. The lowest BCUT2D eigenvalue weighted by Crippen LogP contribution is -2.05. The third kappa shape index (κ3) is 3.29. The normalized spacial score (nSPS) is 10.2. The standard InChI is InChI=1S/C13H13N3O2S/c1-3-19-12-5-4-9(6-15-12)10-7-14-8-11(16-10)13(17)18-2/h4-8H,3H2,1-2H3. The molecule has 0 aliphatic carbocycles. The van der Waals surface area contributed by atoms with Gasteiger partial charge >= 0.3 is 5.97 Å². The lowest BCUT2D eigenvalue weighted by atomic mass is 10.2. The highest BCUT2D eigenvalue weighted by atomic mass is 32.2. The largest absolute Gasteiger partial charge is 0.464 e. The van der Waals surface area contributed by atoms with Crippen LogP contribution < -0.4 is 0 Å². The van der Waals surface area contributed by atoms with Crippen molar-refractivity contribution in [2.45, 2.75) is 11.9 Å². The van der Waals surface area contributed by atoms with E-state index < -0.39 is 5.97 Å². The molecule has 98 valence electrons. The van der Waals surface area contributed by atoms with Crippen LogP contribution in [0.2, 0.25) is 0 Å². The Morgan fingerprint density at radius 3 is 2.79 bits per heavy atom. The van der Waals surface area contributed by atoms with Crippen molar-refractivity contribution >= 4 is 17.7 Å². The summed E-state index contributed by atoms with van der Waals surface area (Å²) >= 11 is 1.67. The molecule has 5 nitrogen and oxygen atoms in total. The van der Waals surface area contributed by atoms with Gasteiger partial charge in [-0.1, -0.05) is 6.92 Å². The predicted molar refractivity (Wildman–Crippen MR) is 73.0 cm³/mol. The summed E-state index contributed by atoms with van der Waals surface area (Å²) < 4.78 is 4.62. The van der Waals surface area contributed by atoms with E-state index >= 15 is 0 Å². The summed E-state index contributed by atoms with van der Waals surface area (Å²) in [6, 6.07) is 3.84. The van der Waals surface area contributed by atoms with Crippen molar-refractivity contribution in [1.82, 2.24) is 15.0 Å². The van der Waals surface area contributed by atoms with Crippen LogP contribution in [-0.2, 0) is 4.74 Å². The first-order valence-electron chi connectivity index (χ1n) is 5.74. The van der Waals surface area contributed by atoms with Crippen molar-refractivity contribution in [2.24, 2.45) is 0 Å². The first-order chi connectivity index (χ1) is 9.24. The molecule has 0 radical (unpaired) electrons. The summed E-state index contributed by atoms with van der Waals surface area (Å²) in [6.07, 6.45) is 4.70. The number of methoxy groups -OCH3 is 1. The monoisotopic (exact) mass is 275 g/mol. The van der Waals surface area contributed by atoms with Crippen molar-refractivity contribution in [3.8, 4) is 11.3 Å². The summed E-state index contributed by atoms with van der Waals surface area (Å²) in [6.45, 7) is 2.07. The molecule has 0 aliphatic heterocycles. The zero-order valence-corrected chi connectivity index (χ0v) is 11.5. The van der Waals surface area contributed by atoms with Crippen molar-refractivity contribution in [3.05, 3.63) is 36.4 Å². The first-order valence-corrected chi connectivity index (χ1v) is 6.72. The molecule has 0 unspecified atom stereocenters. The van der Waals surface area contributed by atoms with Gasteiger partial charge in [-0.2, -0.15) is 0 Å². The molecule has 0 atom stereocenters. The molecule has 0 bridgehead atoms. The van der Waals surface area contributed by atoms with Gasteiger partial charge in [-0.3, -0.25) is 4.98 Å². The van der Waals surface area contributed by atoms with Crippen LogP contribution in [0.4, 0.5) is 0 Å². The molecule has 19 heavy (non-hydrogen) atoms. The van der Waals surface area contributed by atoms with Gasteiger partial charge in [-0.25, -0.2) is 14.8 Å². The van der Waals surface area contributed by atoms with E-state index in [9.17, 15) is 4.79 Å². The quantitative estimate of drug-likeness (QED) is 0.630. The van der Waals surface area contributed by atoms with Gasteiger partial charge in [0.2, 0.25) is 0 Å². The minimum absolute atomic E-state index is 0.187. The number of rotatable bonds is 4. The highest BCUT2D eigenvalue weighted by Crippen LogP contribution is 2.20. The second-order valence-corrected chi connectivity index (χ2v) is 4.88. The molecule has 0 saturated heterocycles.